The lowest BCUT2D eigenvalue weighted by molar-refractivity contribution is -0.132. The second kappa shape index (κ2) is 8.83. The Bertz CT molecular complexity index is 843. The summed E-state index contributed by atoms with van der Waals surface area (Å²) in [5.74, 6) is 0.297. The average Bonchev–Trinajstić information content (AvgIpc) is 2.67. The van der Waals surface area contributed by atoms with E-state index in [-0.39, 0.29) is 22.6 Å². The van der Waals surface area contributed by atoms with Crippen molar-refractivity contribution < 1.29 is 18.0 Å². The smallest absolute Gasteiger partial charge is 0.243 e. The van der Waals surface area contributed by atoms with Crippen molar-refractivity contribution >= 4 is 27.5 Å². The van der Waals surface area contributed by atoms with Crippen molar-refractivity contribution in [3.8, 4) is 0 Å². The molecule has 2 aliphatic heterocycles. The lowest BCUT2D eigenvalue weighted by atomic mass is 9.94. The maximum absolute atomic E-state index is 13.0. The number of sulfonamides is 1. The van der Waals surface area contributed by atoms with Crippen LogP contribution < -0.4 is 5.32 Å². The van der Waals surface area contributed by atoms with Crippen molar-refractivity contribution in [1.82, 2.24) is 9.21 Å². The summed E-state index contributed by atoms with van der Waals surface area (Å²) in [7, 11) is -3.53. The van der Waals surface area contributed by atoms with E-state index in [0.29, 0.717) is 43.7 Å². The van der Waals surface area contributed by atoms with Crippen molar-refractivity contribution in [2.75, 3.05) is 31.5 Å². The highest BCUT2D eigenvalue weighted by Gasteiger charge is 2.32. The van der Waals surface area contributed by atoms with Gasteiger partial charge in [-0.1, -0.05) is 13.8 Å². The summed E-state index contributed by atoms with van der Waals surface area (Å²) < 4.78 is 27.5. The number of hydrogen-bond donors (Lipinski definition) is 1. The van der Waals surface area contributed by atoms with E-state index in [1.54, 1.807) is 33.5 Å². The lowest BCUT2D eigenvalue weighted by Gasteiger charge is -2.34. The van der Waals surface area contributed by atoms with Gasteiger partial charge in [-0.25, -0.2) is 8.42 Å². The number of nitrogens with zero attached hydrogens (tertiary/aromatic N) is 2. The molecule has 0 radical (unpaired) electrons. The number of amides is 2. The zero-order valence-corrected chi connectivity index (χ0v) is 18.2. The van der Waals surface area contributed by atoms with Gasteiger partial charge in [-0.2, -0.15) is 4.31 Å². The third kappa shape index (κ3) is 5.17. The number of anilines is 1. The SMILES string of the molecule is CC(=O)N1CCC[C@@H](C(=O)Nc2ccc(S(=O)(=O)N3C[C@H](C)C[C@H](C)C3)cc2)C1. The minimum absolute atomic E-state index is 0.0154. The Kier molecular flexibility index (Phi) is 6.63. The fourth-order valence-electron chi connectivity index (χ4n) is 4.38. The molecule has 1 N–H and O–H groups in total. The van der Waals surface area contributed by atoms with Crippen molar-refractivity contribution in [2.24, 2.45) is 17.8 Å². The number of hydrogen-bond acceptors (Lipinski definition) is 4. The van der Waals surface area contributed by atoms with Crippen LogP contribution in [0.5, 0.6) is 0 Å². The minimum atomic E-state index is -3.53. The number of nitrogens with one attached hydrogen (secondary N) is 1. The molecule has 0 saturated carbocycles. The van der Waals surface area contributed by atoms with Crippen LogP contribution in [0, 0.1) is 17.8 Å². The molecule has 2 aliphatic rings. The van der Waals surface area contributed by atoms with E-state index in [1.165, 1.54) is 6.92 Å². The summed E-state index contributed by atoms with van der Waals surface area (Å²) in [6.07, 6.45) is 2.59. The third-order valence-electron chi connectivity index (χ3n) is 5.83. The molecule has 29 heavy (non-hydrogen) atoms. The number of carbonyl (C=O) groups excluding carboxylic acids is 2. The Hall–Kier alpha value is -1.93. The van der Waals surface area contributed by atoms with E-state index in [0.717, 1.165) is 19.3 Å². The summed E-state index contributed by atoms with van der Waals surface area (Å²) in [6.45, 7) is 7.88. The predicted molar refractivity (Wildman–Crippen MR) is 112 cm³/mol. The van der Waals surface area contributed by atoms with Crippen LogP contribution in [0.4, 0.5) is 5.69 Å². The Labute approximate surface area is 173 Å². The van der Waals surface area contributed by atoms with Crippen molar-refractivity contribution in [3.63, 3.8) is 0 Å². The summed E-state index contributed by atoms with van der Waals surface area (Å²) in [6, 6.07) is 6.37. The van der Waals surface area contributed by atoms with Crippen LogP contribution in [-0.2, 0) is 19.6 Å². The van der Waals surface area contributed by atoms with Crippen LogP contribution in [0.2, 0.25) is 0 Å². The number of rotatable bonds is 4. The van der Waals surface area contributed by atoms with E-state index >= 15 is 0 Å². The van der Waals surface area contributed by atoms with Crippen LogP contribution in [0.25, 0.3) is 0 Å². The summed E-state index contributed by atoms with van der Waals surface area (Å²) in [4.78, 5) is 26.1. The molecule has 1 aromatic carbocycles. The molecule has 2 amide bonds. The van der Waals surface area contributed by atoms with Crippen molar-refractivity contribution in [2.45, 2.75) is 44.9 Å². The Morgan fingerprint density at radius 2 is 1.66 bits per heavy atom. The third-order valence-corrected chi connectivity index (χ3v) is 7.68. The molecule has 1 aromatic rings. The van der Waals surface area contributed by atoms with Crippen LogP contribution in [0.1, 0.15) is 40.0 Å². The van der Waals surface area contributed by atoms with Gasteiger partial charge < -0.3 is 10.2 Å². The highest BCUT2D eigenvalue weighted by atomic mass is 32.2. The fraction of sp³-hybridized carbons (Fsp3) is 0.619. The van der Waals surface area contributed by atoms with Crippen LogP contribution in [-0.4, -0.2) is 55.6 Å². The van der Waals surface area contributed by atoms with Crippen LogP contribution >= 0.6 is 0 Å². The van der Waals surface area contributed by atoms with Crippen molar-refractivity contribution in [3.05, 3.63) is 24.3 Å². The molecule has 2 heterocycles. The second-order valence-corrected chi connectivity index (χ2v) is 10.5. The minimum Gasteiger partial charge on any atom is -0.342 e. The normalized spacial score (nSPS) is 26.2. The molecule has 3 rings (SSSR count). The Morgan fingerprint density at radius 1 is 1.03 bits per heavy atom. The van der Waals surface area contributed by atoms with Crippen LogP contribution in [0.15, 0.2) is 29.2 Å². The van der Waals surface area contributed by atoms with Gasteiger partial charge in [0.25, 0.3) is 0 Å². The molecule has 8 heteroatoms. The molecular weight excluding hydrogens is 390 g/mol. The van der Waals surface area contributed by atoms with Gasteiger partial charge in [-0.3, -0.25) is 9.59 Å². The second-order valence-electron chi connectivity index (χ2n) is 8.59. The molecule has 160 valence electrons. The van der Waals surface area contributed by atoms with Gasteiger partial charge in [0.05, 0.1) is 10.8 Å². The van der Waals surface area contributed by atoms with Gasteiger partial charge >= 0.3 is 0 Å². The molecule has 2 saturated heterocycles. The Morgan fingerprint density at radius 3 is 2.24 bits per heavy atom. The number of benzene rings is 1. The Balaban J connectivity index is 1.65. The molecule has 0 spiro atoms. The van der Waals surface area contributed by atoms with Gasteiger partial charge in [0.15, 0.2) is 0 Å². The predicted octanol–water partition coefficient (Wildman–Crippen LogP) is 2.55. The fourth-order valence-corrected chi connectivity index (χ4v) is 6.06. The number of piperidine rings is 2. The monoisotopic (exact) mass is 421 g/mol. The molecule has 0 unspecified atom stereocenters. The maximum atomic E-state index is 13.0. The lowest BCUT2D eigenvalue weighted by Crippen LogP contribution is -2.43. The molecule has 3 atom stereocenters. The van der Waals surface area contributed by atoms with E-state index in [2.05, 4.69) is 19.2 Å². The first-order chi connectivity index (χ1) is 13.7. The summed E-state index contributed by atoms with van der Waals surface area (Å²) in [5, 5.41) is 2.86. The molecular formula is C21H31N3O4S. The van der Waals surface area contributed by atoms with Crippen LogP contribution in [0.3, 0.4) is 0 Å². The van der Waals surface area contributed by atoms with E-state index in [4.69, 9.17) is 0 Å². The van der Waals surface area contributed by atoms with Gasteiger partial charge in [0, 0.05) is 38.8 Å². The average molecular weight is 422 g/mol. The topological polar surface area (TPSA) is 86.8 Å². The van der Waals surface area contributed by atoms with Gasteiger partial charge in [-0.15, -0.1) is 0 Å². The van der Waals surface area contributed by atoms with Gasteiger partial charge in [-0.05, 0) is 55.4 Å². The van der Waals surface area contributed by atoms with E-state index < -0.39 is 10.0 Å². The summed E-state index contributed by atoms with van der Waals surface area (Å²) in [5.41, 5.74) is 0.564. The zero-order chi connectivity index (χ0) is 21.2. The first kappa shape index (κ1) is 21.8. The molecule has 0 bridgehead atoms. The number of likely N-dealkylation sites (tertiary alicyclic amines) is 1. The molecule has 2 fully saturated rings. The van der Waals surface area contributed by atoms with Gasteiger partial charge in [0.1, 0.15) is 0 Å². The summed E-state index contributed by atoms with van der Waals surface area (Å²) >= 11 is 0. The standard InChI is InChI=1S/C21H31N3O4S/c1-15-11-16(2)13-24(12-15)29(27,28)20-8-6-19(7-9-20)22-21(26)18-5-4-10-23(14-18)17(3)25/h6-9,15-16,18H,4-5,10-14H2,1-3H3,(H,22,26)/t15-,16+,18-/m1/s1. The first-order valence-electron chi connectivity index (χ1n) is 10.3. The largest absolute Gasteiger partial charge is 0.342 e. The van der Waals surface area contributed by atoms with E-state index in [1.807, 2.05) is 0 Å². The zero-order valence-electron chi connectivity index (χ0n) is 17.4. The van der Waals surface area contributed by atoms with Crippen molar-refractivity contribution in [1.29, 1.82) is 0 Å². The highest BCUT2D eigenvalue weighted by molar-refractivity contribution is 7.89. The molecule has 0 aromatic heterocycles. The molecule has 7 nitrogen and oxygen atoms in total. The quantitative estimate of drug-likeness (QED) is 0.809. The number of carbonyl (C=O) groups is 2. The maximum Gasteiger partial charge on any atom is 0.243 e. The highest BCUT2D eigenvalue weighted by Crippen LogP contribution is 2.27. The van der Waals surface area contributed by atoms with Gasteiger partial charge in [0.2, 0.25) is 21.8 Å². The molecule has 0 aliphatic carbocycles. The first-order valence-corrected chi connectivity index (χ1v) is 11.8. The van der Waals surface area contributed by atoms with E-state index in [9.17, 15) is 18.0 Å².